The van der Waals surface area contributed by atoms with E-state index < -0.39 is 0 Å². The Morgan fingerprint density at radius 1 is 1.17 bits per heavy atom. The third kappa shape index (κ3) is 4.83. The van der Waals surface area contributed by atoms with Crippen LogP contribution in [0.4, 0.5) is 0 Å². The van der Waals surface area contributed by atoms with Crippen molar-refractivity contribution in [3.8, 4) is 17.2 Å². The fraction of sp³-hybridized carbons (Fsp3) is 0.545. The zero-order valence-electron chi connectivity index (χ0n) is 17.5. The molecule has 0 N–H and O–H groups in total. The van der Waals surface area contributed by atoms with E-state index in [1.807, 2.05) is 30.9 Å². The van der Waals surface area contributed by atoms with Crippen LogP contribution in [0.2, 0.25) is 0 Å². The van der Waals surface area contributed by atoms with Gasteiger partial charge in [-0.1, -0.05) is 0 Å². The van der Waals surface area contributed by atoms with Crippen LogP contribution in [0, 0.1) is 5.92 Å². The molecule has 158 valence electrons. The third-order valence-electron chi connectivity index (χ3n) is 5.50. The Hall–Kier alpha value is -2.70. The lowest BCUT2D eigenvalue weighted by atomic mass is 9.95. The molecule has 7 nitrogen and oxygen atoms in total. The van der Waals surface area contributed by atoms with Gasteiger partial charge in [0.2, 0.25) is 17.6 Å². The fourth-order valence-electron chi connectivity index (χ4n) is 3.80. The first-order valence-electron chi connectivity index (χ1n) is 10.3. The van der Waals surface area contributed by atoms with Gasteiger partial charge in [0.25, 0.3) is 0 Å². The predicted octanol–water partition coefficient (Wildman–Crippen LogP) is 2.59. The van der Waals surface area contributed by atoms with Crippen LogP contribution in [0.15, 0.2) is 18.2 Å². The van der Waals surface area contributed by atoms with Gasteiger partial charge < -0.3 is 24.0 Å². The quantitative estimate of drug-likeness (QED) is 0.684. The molecule has 2 aliphatic heterocycles. The van der Waals surface area contributed by atoms with E-state index in [1.165, 1.54) is 0 Å². The van der Waals surface area contributed by atoms with Gasteiger partial charge in [0, 0.05) is 38.2 Å². The molecule has 0 spiro atoms. The Morgan fingerprint density at radius 3 is 2.52 bits per heavy atom. The second-order valence-electron chi connectivity index (χ2n) is 7.19. The van der Waals surface area contributed by atoms with Gasteiger partial charge in [-0.25, -0.2) is 0 Å². The third-order valence-corrected chi connectivity index (χ3v) is 5.50. The van der Waals surface area contributed by atoms with Crippen LogP contribution in [0.5, 0.6) is 17.2 Å². The number of piperidine rings is 1. The molecular formula is C22H30N2O5. The first kappa shape index (κ1) is 21.0. The van der Waals surface area contributed by atoms with E-state index >= 15 is 0 Å². The van der Waals surface area contributed by atoms with Crippen LogP contribution >= 0.6 is 0 Å². The van der Waals surface area contributed by atoms with Gasteiger partial charge in [-0.3, -0.25) is 9.59 Å². The zero-order chi connectivity index (χ0) is 20.8. The first-order valence-corrected chi connectivity index (χ1v) is 10.3. The minimum atomic E-state index is -0.0485. The summed E-state index contributed by atoms with van der Waals surface area (Å²) in [6.07, 6.45) is 4.76. The number of fused-ring (bicyclic) bond motifs is 1. The van der Waals surface area contributed by atoms with Crippen LogP contribution in [0.1, 0.15) is 32.3 Å². The molecule has 2 amide bonds. The average Bonchev–Trinajstić information content (AvgIpc) is 2.77. The predicted molar refractivity (Wildman–Crippen MR) is 110 cm³/mol. The molecule has 7 heteroatoms. The van der Waals surface area contributed by atoms with Crippen molar-refractivity contribution in [2.75, 3.05) is 46.5 Å². The van der Waals surface area contributed by atoms with E-state index in [9.17, 15) is 9.59 Å². The largest absolute Gasteiger partial charge is 0.493 e. The normalized spacial score (nSPS) is 16.7. The number of hydrogen-bond acceptors (Lipinski definition) is 5. The number of likely N-dealkylation sites (tertiary alicyclic amines) is 1. The lowest BCUT2D eigenvalue weighted by Crippen LogP contribution is -2.44. The molecule has 0 unspecified atom stereocenters. The van der Waals surface area contributed by atoms with Gasteiger partial charge in [-0.2, -0.15) is 0 Å². The van der Waals surface area contributed by atoms with Gasteiger partial charge in [0.05, 0.1) is 7.11 Å². The maximum absolute atomic E-state index is 12.6. The number of hydrogen-bond donors (Lipinski definition) is 0. The SMILES string of the molecule is CCN(CC)C(=O)C1CCN(C(=O)/C=C/c2cc(OC)c3c(c2)OCCO3)CC1. The van der Waals surface area contributed by atoms with E-state index in [1.54, 1.807) is 24.2 Å². The highest BCUT2D eigenvalue weighted by Crippen LogP contribution is 2.40. The van der Waals surface area contributed by atoms with Gasteiger partial charge in [-0.05, 0) is 50.5 Å². The summed E-state index contributed by atoms with van der Waals surface area (Å²) in [5, 5.41) is 0. The van der Waals surface area contributed by atoms with Crippen LogP contribution in [-0.4, -0.2) is 68.1 Å². The van der Waals surface area contributed by atoms with Crippen molar-refractivity contribution >= 4 is 17.9 Å². The molecule has 1 saturated heterocycles. The number of rotatable bonds is 6. The molecule has 2 heterocycles. The summed E-state index contributed by atoms with van der Waals surface area (Å²) >= 11 is 0. The summed E-state index contributed by atoms with van der Waals surface area (Å²) in [6.45, 7) is 7.64. The number of amides is 2. The molecular weight excluding hydrogens is 372 g/mol. The van der Waals surface area contributed by atoms with Crippen molar-refractivity contribution in [2.24, 2.45) is 5.92 Å². The topological polar surface area (TPSA) is 68.3 Å². The van der Waals surface area contributed by atoms with Crippen molar-refractivity contribution in [1.82, 2.24) is 9.80 Å². The maximum Gasteiger partial charge on any atom is 0.246 e. The summed E-state index contributed by atoms with van der Waals surface area (Å²) in [5.41, 5.74) is 0.811. The molecule has 2 aliphatic rings. The summed E-state index contributed by atoms with van der Waals surface area (Å²) in [4.78, 5) is 28.8. The molecule has 1 aromatic rings. The van der Waals surface area contributed by atoms with Gasteiger partial charge in [0.15, 0.2) is 11.5 Å². The van der Waals surface area contributed by atoms with Crippen molar-refractivity contribution in [3.63, 3.8) is 0 Å². The molecule has 29 heavy (non-hydrogen) atoms. The molecule has 1 fully saturated rings. The maximum atomic E-state index is 12.6. The Morgan fingerprint density at radius 2 is 1.86 bits per heavy atom. The molecule has 0 radical (unpaired) electrons. The van der Waals surface area contributed by atoms with E-state index in [4.69, 9.17) is 14.2 Å². The number of benzene rings is 1. The van der Waals surface area contributed by atoms with Crippen LogP contribution in [0.25, 0.3) is 6.08 Å². The summed E-state index contributed by atoms with van der Waals surface area (Å²) < 4.78 is 16.6. The van der Waals surface area contributed by atoms with Crippen LogP contribution in [-0.2, 0) is 9.59 Å². The summed E-state index contributed by atoms with van der Waals surface area (Å²) in [5.74, 6) is 1.99. The monoisotopic (exact) mass is 402 g/mol. The fourth-order valence-corrected chi connectivity index (χ4v) is 3.80. The number of carbonyl (C=O) groups excluding carboxylic acids is 2. The van der Waals surface area contributed by atoms with E-state index in [-0.39, 0.29) is 17.7 Å². The molecule has 0 saturated carbocycles. The van der Waals surface area contributed by atoms with E-state index in [2.05, 4.69) is 0 Å². The molecule has 0 aromatic heterocycles. The van der Waals surface area contributed by atoms with Gasteiger partial charge in [0.1, 0.15) is 13.2 Å². The Bertz CT molecular complexity index is 747. The summed E-state index contributed by atoms with van der Waals surface area (Å²) in [6, 6.07) is 3.67. The molecule has 0 atom stereocenters. The van der Waals surface area contributed by atoms with Crippen molar-refractivity contribution < 1.29 is 23.8 Å². The highest BCUT2D eigenvalue weighted by molar-refractivity contribution is 5.92. The minimum absolute atomic E-state index is 0.0185. The lowest BCUT2D eigenvalue weighted by molar-refractivity contribution is -0.139. The standard InChI is InChI=1S/C22H30N2O5/c1-4-23(5-2)22(26)17-8-10-24(11-9-17)20(25)7-6-16-14-18(27-3)21-19(15-16)28-12-13-29-21/h6-7,14-15,17H,4-5,8-13H2,1-3H3/b7-6+. The number of nitrogens with zero attached hydrogens (tertiary/aromatic N) is 2. The van der Waals surface area contributed by atoms with Gasteiger partial charge >= 0.3 is 0 Å². The minimum Gasteiger partial charge on any atom is -0.493 e. The van der Waals surface area contributed by atoms with Crippen LogP contribution < -0.4 is 14.2 Å². The molecule has 1 aromatic carbocycles. The number of carbonyl (C=O) groups is 2. The highest BCUT2D eigenvalue weighted by Gasteiger charge is 2.28. The van der Waals surface area contributed by atoms with Crippen LogP contribution in [0.3, 0.4) is 0 Å². The lowest BCUT2D eigenvalue weighted by Gasteiger charge is -2.33. The number of ether oxygens (including phenoxy) is 3. The second kappa shape index (κ2) is 9.67. The molecule has 0 aliphatic carbocycles. The summed E-state index contributed by atoms with van der Waals surface area (Å²) in [7, 11) is 1.58. The smallest absolute Gasteiger partial charge is 0.246 e. The molecule has 0 bridgehead atoms. The van der Waals surface area contributed by atoms with Crippen molar-refractivity contribution in [1.29, 1.82) is 0 Å². The average molecular weight is 402 g/mol. The van der Waals surface area contributed by atoms with Crippen molar-refractivity contribution in [3.05, 3.63) is 23.8 Å². The molecule has 3 rings (SSSR count). The zero-order valence-corrected chi connectivity index (χ0v) is 17.5. The van der Waals surface area contributed by atoms with Crippen molar-refractivity contribution in [2.45, 2.75) is 26.7 Å². The Balaban J connectivity index is 1.60. The Labute approximate surface area is 172 Å². The van der Waals surface area contributed by atoms with Gasteiger partial charge in [-0.15, -0.1) is 0 Å². The first-order chi connectivity index (χ1) is 14.1. The second-order valence-corrected chi connectivity index (χ2v) is 7.19. The van der Waals surface area contributed by atoms with E-state index in [0.717, 1.165) is 18.7 Å². The Kier molecular flexibility index (Phi) is 7.01. The number of methoxy groups -OCH3 is 1. The van der Waals surface area contributed by atoms with E-state index in [0.29, 0.717) is 56.4 Å². The highest BCUT2D eigenvalue weighted by atomic mass is 16.6.